The topological polar surface area (TPSA) is 198 Å². The normalized spacial score (nSPS) is 14.1. The van der Waals surface area contributed by atoms with Crippen LogP contribution in [0.1, 0.15) is 30.9 Å². The predicted octanol–water partition coefficient (Wildman–Crippen LogP) is 3.71. The molecule has 0 aromatic heterocycles. The van der Waals surface area contributed by atoms with Gasteiger partial charge in [0, 0.05) is 50.2 Å². The van der Waals surface area contributed by atoms with Crippen molar-refractivity contribution in [1.82, 2.24) is 0 Å². The molecule has 0 fully saturated rings. The summed E-state index contributed by atoms with van der Waals surface area (Å²) in [7, 11) is 4.04. The zero-order valence-electron chi connectivity index (χ0n) is 25.3. The first kappa shape index (κ1) is 30.2. The van der Waals surface area contributed by atoms with Gasteiger partial charge in [-0.05, 0) is 19.2 Å². The molecule has 13 nitrogen and oxygen atoms in total. The number of benzene rings is 5. The van der Waals surface area contributed by atoms with Crippen molar-refractivity contribution in [3.8, 4) is 23.0 Å². The smallest absolute Gasteiger partial charge is 0.322 e. The van der Waals surface area contributed by atoms with E-state index in [1.807, 2.05) is 0 Å². The molecule has 0 saturated heterocycles. The number of hydrogen-bond donors (Lipinski definition) is 5. The second-order valence-electron chi connectivity index (χ2n) is 11.0. The summed E-state index contributed by atoms with van der Waals surface area (Å²) in [4.78, 5) is 64.6. The number of carboxylic acids is 2. The fraction of sp³-hybridized carbons (Fsp3) is 0.242. The van der Waals surface area contributed by atoms with Crippen molar-refractivity contribution >= 4 is 78.3 Å². The molecule has 1 unspecified atom stereocenters. The van der Waals surface area contributed by atoms with Gasteiger partial charge in [-0.25, -0.2) is 0 Å². The van der Waals surface area contributed by atoms with E-state index < -0.39 is 47.6 Å². The number of methoxy groups -OCH3 is 3. The molecule has 0 heterocycles. The maximum atomic E-state index is 14.0. The number of anilines is 2. The monoisotopic (exact) mass is 628 g/mol. The number of ketones is 1. The van der Waals surface area contributed by atoms with Gasteiger partial charge in [-0.15, -0.1) is 0 Å². The van der Waals surface area contributed by atoms with Gasteiger partial charge >= 0.3 is 11.9 Å². The standard InChI is InChI=1S/C33H28N2O11/c1-11-6-13-21-26-23(32(43)30(13)34-9-18(39)40)15(38)8-17(45-4)24(26)25-16(44-3)7-14(37)22-28(25)27(21)29(20(11)12(2)36)33(46-5)31(22)35-10-19(41)42/h6-8,20,34-35,43H,9-10H2,1-5H3,(H,39,40)(H,41,42). The van der Waals surface area contributed by atoms with Crippen molar-refractivity contribution in [2.45, 2.75) is 19.8 Å². The van der Waals surface area contributed by atoms with Gasteiger partial charge in [0.05, 0.1) is 49.4 Å². The van der Waals surface area contributed by atoms with E-state index >= 15 is 0 Å². The van der Waals surface area contributed by atoms with Crippen LogP contribution in [0.5, 0.6) is 23.0 Å². The lowest BCUT2D eigenvalue weighted by atomic mass is 9.80. The molecular weight excluding hydrogens is 600 g/mol. The van der Waals surface area contributed by atoms with Crippen LogP contribution in [0.4, 0.5) is 11.4 Å². The van der Waals surface area contributed by atoms with E-state index in [1.165, 1.54) is 40.4 Å². The average molecular weight is 629 g/mol. The maximum absolute atomic E-state index is 14.0. The number of phenols is 1. The van der Waals surface area contributed by atoms with Crippen molar-refractivity contribution in [1.29, 1.82) is 0 Å². The van der Waals surface area contributed by atoms with Gasteiger partial charge in [0.1, 0.15) is 36.1 Å². The molecule has 0 saturated carbocycles. The number of ether oxygens (including phenoxy) is 3. The van der Waals surface area contributed by atoms with Gasteiger partial charge < -0.3 is 40.2 Å². The second kappa shape index (κ2) is 10.6. The number of fused-ring (bicyclic) bond motifs is 1. The summed E-state index contributed by atoms with van der Waals surface area (Å²) in [5.41, 5.74) is -0.200. The Balaban J connectivity index is 2.10. The number of Topliss-reactive ketones (excluding diaryl/α,β-unsaturated/α-hetero) is 1. The van der Waals surface area contributed by atoms with Gasteiger partial charge in [-0.3, -0.25) is 24.0 Å². The first-order valence-corrected chi connectivity index (χ1v) is 14.0. The Morgan fingerprint density at radius 2 is 1.26 bits per heavy atom. The molecule has 5 aromatic rings. The van der Waals surface area contributed by atoms with Crippen LogP contribution in [0.15, 0.2) is 27.3 Å². The Morgan fingerprint density at radius 3 is 1.76 bits per heavy atom. The minimum atomic E-state index is -1.24. The third-order valence-corrected chi connectivity index (χ3v) is 8.51. The summed E-state index contributed by atoms with van der Waals surface area (Å²) in [5.74, 6) is -4.07. The Kier molecular flexibility index (Phi) is 6.99. The number of aromatic hydroxyl groups is 1. The van der Waals surface area contributed by atoms with Crippen LogP contribution in [0, 0.1) is 0 Å². The largest absolute Gasteiger partial charge is 0.505 e. The number of carboxylic acid groups (broad SMARTS) is 2. The molecule has 5 N–H and O–H groups in total. The average Bonchev–Trinajstić information content (AvgIpc) is 3.13. The number of carbonyl (C=O) groups is 3. The summed E-state index contributed by atoms with van der Waals surface area (Å²) in [6.07, 6.45) is 1.62. The summed E-state index contributed by atoms with van der Waals surface area (Å²) >= 11 is 0. The molecule has 0 bridgehead atoms. The Bertz CT molecular complexity index is 2330. The molecule has 0 aliphatic heterocycles. The van der Waals surface area contributed by atoms with Crippen LogP contribution in [0.3, 0.4) is 0 Å². The molecule has 6 rings (SSSR count). The van der Waals surface area contributed by atoms with E-state index in [-0.39, 0.29) is 67.1 Å². The zero-order valence-corrected chi connectivity index (χ0v) is 25.3. The van der Waals surface area contributed by atoms with Crippen molar-refractivity contribution in [2.24, 2.45) is 0 Å². The minimum absolute atomic E-state index is 0.0284. The van der Waals surface area contributed by atoms with E-state index in [4.69, 9.17) is 14.2 Å². The van der Waals surface area contributed by atoms with Crippen molar-refractivity contribution in [3.63, 3.8) is 0 Å². The van der Waals surface area contributed by atoms with E-state index in [9.17, 15) is 39.3 Å². The number of phenolic OH excluding ortho intramolecular Hbond substituents is 1. The highest BCUT2D eigenvalue weighted by Crippen LogP contribution is 2.58. The van der Waals surface area contributed by atoms with Crippen LogP contribution in [-0.2, 0) is 14.4 Å². The molecule has 13 heteroatoms. The molecule has 0 spiro atoms. The summed E-state index contributed by atoms with van der Waals surface area (Å²) in [6, 6.07) is 2.40. The lowest BCUT2D eigenvalue weighted by Crippen LogP contribution is -2.19. The Labute approximate surface area is 259 Å². The van der Waals surface area contributed by atoms with Crippen molar-refractivity contribution < 1.29 is 43.9 Å². The number of rotatable bonds is 10. The predicted molar refractivity (Wildman–Crippen MR) is 172 cm³/mol. The fourth-order valence-electron chi connectivity index (χ4n) is 6.97. The highest BCUT2D eigenvalue weighted by atomic mass is 16.5. The number of aliphatic carboxylic acids is 2. The number of allylic oxidation sites excluding steroid dienone is 1. The van der Waals surface area contributed by atoms with Gasteiger partial charge in [0.2, 0.25) is 0 Å². The third-order valence-electron chi connectivity index (χ3n) is 8.51. The lowest BCUT2D eigenvalue weighted by molar-refractivity contribution is -0.135. The highest BCUT2D eigenvalue weighted by Gasteiger charge is 2.37. The van der Waals surface area contributed by atoms with E-state index in [0.29, 0.717) is 27.1 Å². The van der Waals surface area contributed by atoms with Gasteiger partial charge in [-0.1, -0.05) is 11.6 Å². The second-order valence-corrected chi connectivity index (χ2v) is 11.0. The molecule has 5 aromatic carbocycles. The first-order valence-electron chi connectivity index (χ1n) is 14.0. The molecule has 0 amide bonds. The molecule has 236 valence electrons. The number of hydrogen-bond acceptors (Lipinski definition) is 11. The van der Waals surface area contributed by atoms with E-state index in [1.54, 1.807) is 13.0 Å². The third kappa shape index (κ3) is 4.04. The quantitative estimate of drug-likeness (QED) is 0.0853. The molecule has 0 radical (unpaired) electrons. The highest BCUT2D eigenvalue weighted by molar-refractivity contribution is 6.40. The molecule has 46 heavy (non-hydrogen) atoms. The van der Waals surface area contributed by atoms with Crippen LogP contribution in [0.2, 0.25) is 0 Å². The zero-order chi connectivity index (χ0) is 33.4. The Hall–Kier alpha value is -5.85. The summed E-state index contributed by atoms with van der Waals surface area (Å²) in [6.45, 7) is 1.83. The maximum Gasteiger partial charge on any atom is 0.322 e. The van der Waals surface area contributed by atoms with Gasteiger partial charge in [0.25, 0.3) is 0 Å². The van der Waals surface area contributed by atoms with Crippen LogP contribution >= 0.6 is 0 Å². The SMILES string of the molecule is COc1c(NCC(=O)O)c2c(=O)cc(OC)c3c4c(OC)cc(=O)c5c(O)c(NCC(=O)O)c6c(c(c1C(C(C)=O)C(C)=C6)c23)c54. The van der Waals surface area contributed by atoms with Gasteiger partial charge in [0.15, 0.2) is 16.6 Å². The molecule has 1 aliphatic carbocycles. The van der Waals surface area contributed by atoms with Crippen LogP contribution < -0.4 is 35.7 Å². The molecular formula is C33H28N2O11. The van der Waals surface area contributed by atoms with Crippen molar-refractivity contribution in [3.05, 3.63) is 49.3 Å². The Morgan fingerprint density at radius 1 is 0.739 bits per heavy atom. The van der Waals surface area contributed by atoms with Gasteiger partial charge in [-0.2, -0.15) is 0 Å². The lowest BCUT2D eigenvalue weighted by Gasteiger charge is -2.27. The summed E-state index contributed by atoms with van der Waals surface area (Å²) < 4.78 is 17.3. The van der Waals surface area contributed by atoms with E-state index in [2.05, 4.69) is 10.6 Å². The number of carbonyl (C=O) groups excluding carboxylic acids is 1. The summed E-state index contributed by atoms with van der Waals surface area (Å²) in [5, 5.41) is 37.9. The van der Waals surface area contributed by atoms with E-state index in [0.717, 1.165) is 0 Å². The van der Waals surface area contributed by atoms with Crippen LogP contribution in [0.25, 0.3) is 49.2 Å². The van der Waals surface area contributed by atoms with Crippen LogP contribution in [-0.4, -0.2) is 67.5 Å². The minimum Gasteiger partial charge on any atom is -0.505 e. The molecule has 1 atom stereocenters. The number of nitrogens with one attached hydrogen (secondary N) is 2. The van der Waals surface area contributed by atoms with Crippen molar-refractivity contribution in [2.75, 3.05) is 45.1 Å². The first-order chi connectivity index (χ1) is 21.9. The fourth-order valence-corrected chi connectivity index (χ4v) is 6.97. The molecule has 1 aliphatic rings.